The quantitative estimate of drug-likeness (QED) is 0.602. The van der Waals surface area contributed by atoms with E-state index in [-0.39, 0.29) is 24.0 Å². The summed E-state index contributed by atoms with van der Waals surface area (Å²) in [6, 6.07) is -0.239. The molecule has 1 fully saturated rings. The van der Waals surface area contributed by atoms with Gasteiger partial charge < -0.3 is 19.0 Å². The second-order valence-electron chi connectivity index (χ2n) is 6.69. The number of carbonyl (C=O) groups is 1. The third kappa shape index (κ3) is 3.94. The number of hydrogen-bond donors (Lipinski definition) is 1. The van der Waals surface area contributed by atoms with Gasteiger partial charge in [-0.15, -0.1) is 0 Å². The summed E-state index contributed by atoms with van der Waals surface area (Å²) < 4.78 is 16.5. The molecule has 7 heteroatoms. The molecule has 0 saturated carbocycles. The van der Waals surface area contributed by atoms with Crippen LogP contribution < -0.4 is 0 Å². The van der Waals surface area contributed by atoms with Gasteiger partial charge in [-0.25, -0.2) is 4.79 Å². The van der Waals surface area contributed by atoms with Crippen LogP contribution in [-0.4, -0.2) is 63.6 Å². The van der Waals surface area contributed by atoms with Gasteiger partial charge in [0.05, 0.1) is 19.2 Å². The normalized spacial score (nSPS) is 23.6. The van der Waals surface area contributed by atoms with E-state index in [2.05, 4.69) is 33.9 Å². The van der Waals surface area contributed by atoms with Crippen LogP contribution in [0.5, 0.6) is 0 Å². The zero-order valence-corrected chi connectivity index (χ0v) is 14.3. The molecule has 0 aliphatic carbocycles. The molecule has 0 unspecified atom stereocenters. The summed E-state index contributed by atoms with van der Waals surface area (Å²) in [5, 5.41) is 9.24. The molecule has 118 valence electrons. The Balaban J connectivity index is 2.59. The van der Waals surface area contributed by atoms with Gasteiger partial charge in [-0.2, -0.15) is 0 Å². The average Bonchev–Trinajstić information content (AvgIpc) is 2.25. The lowest BCUT2D eigenvalue weighted by Gasteiger charge is -2.47. The molecule has 0 spiro atoms. The number of amides is 1. The largest absolute Gasteiger partial charge is 0.465 e. The Morgan fingerprint density at radius 2 is 2.00 bits per heavy atom. The molecule has 0 aromatic rings. The molecule has 1 amide bonds. The van der Waals surface area contributed by atoms with Crippen LogP contribution in [-0.2, 0) is 13.9 Å². The van der Waals surface area contributed by atoms with Gasteiger partial charge in [0.15, 0.2) is 8.32 Å². The van der Waals surface area contributed by atoms with E-state index in [0.717, 1.165) is 0 Å². The molecular formula is C13H27NO5Si. The number of likely N-dealkylation sites (tertiary alicyclic amines) is 1. The van der Waals surface area contributed by atoms with Crippen molar-refractivity contribution < 1.29 is 23.8 Å². The number of ether oxygens (including phenoxy) is 2. The number of methoxy groups -OCH3 is 1. The van der Waals surface area contributed by atoms with E-state index in [1.807, 2.05) is 0 Å². The maximum Gasteiger partial charge on any atom is 0.407 e. The Hall–Kier alpha value is -0.633. The van der Waals surface area contributed by atoms with Gasteiger partial charge >= 0.3 is 6.09 Å². The van der Waals surface area contributed by atoms with Crippen molar-refractivity contribution in [3.63, 3.8) is 0 Å². The van der Waals surface area contributed by atoms with E-state index in [9.17, 15) is 4.79 Å². The predicted molar refractivity (Wildman–Crippen MR) is 78.4 cm³/mol. The van der Waals surface area contributed by atoms with E-state index in [1.165, 1.54) is 4.90 Å². The number of carboxylic acid groups (broad SMARTS) is 1. The lowest BCUT2D eigenvalue weighted by Crippen LogP contribution is -2.65. The standard InChI is InChI=1S/C13H27NO5Si/c1-13(2,3)20(5,6)19-8-10-11(18-9-17-4)7-14(10)12(15)16/h10-11H,7-9H2,1-6H3,(H,15,16)/t10-,11+/m0/s1. The molecule has 1 saturated heterocycles. The monoisotopic (exact) mass is 305 g/mol. The molecule has 1 rings (SSSR count). The van der Waals surface area contributed by atoms with Crippen LogP contribution in [0.4, 0.5) is 4.79 Å². The number of rotatable bonds is 6. The van der Waals surface area contributed by atoms with Crippen LogP contribution >= 0.6 is 0 Å². The highest BCUT2D eigenvalue weighted by molar-refractivity contribution is 6.74. The second-order valence-corrected chi connectivity index (χ2v) is 11.5. The Labute approximate surface area is 122 Å². The van der Waals surface area contributed by atoms with E-state index in [1.54, 1.807) is 7.11 Å². The zero-order chi connectivity index (χ0) is 15.6. The summed E-state index contributed by atoms with van der Waals surface area (Å²) in [5.41, 5.74) is 0. The van der Waals surface area contributed by atoms with E-state index < -0.39 is 14.4 Å². The number of hydrogen-bond acceptors (Lipinski definition) is 4. The van der Waals surface area contributed by atoms with E-state index >= 15 is 0 Å². The summed E-state index contributed by atoms with van der Waals surface area (Å²) in [5.74, 6) is 0. The van der Waals surface area contributed by atoms with Crippen molar-refractivity contribution in [3.05, 3.63) is 0 Å². The Morgan fingerprint density at radius 1 is 1.40 bits per heavy atom. The third-order valence-electron chi connectivity index (χ3n) is 4.27. The first-order valence-corrected chi connectivity index (χ1v) is 9.75. The minimum Gasteiger partial charge on any atom is -0.465 e. The molecule has 6 nitrogen and oxygen atoms in total. The Morgan fingerprint density at radius 3 is 2.45 bits per heavy atom. The van der Waals surface area contributed by atoms with Crippen LogP contribution in [0.1, 0.15) is 20.8 Å². The fraction of sp³-hybridized carbons (Fsp3) is 0.923. The lowest BCUT2D eigenvalue weighted by atomic mass is 10.0. The summed E-state index contributed by atoms with van der Waals surface area (Å²) in [6.07, 6.45) is -1.07. The van der Waals surface area contributed by atoms with Crippen LogP contribution in [0, 0.1) is 0 Å². The molecule has 0 radical (unpaired) electrons. The fourth-order valence-corrected chi connectivity index (χ4v) is 2.78. The van der Waals surface area contributed by atoms with Gasteiger partial charge in [-0.3, -0.25) is 4.90 Å². The molecule has 2 atom stereocenters. The molecular weight excluding hydrogens is 278 g/mol. The first-order valence-electron chi connectivity index (χ1n) is 6.84. The average molecular weight is 305 g/mol. The van der Waals surface area contributed by atoms with E-state index in [0.29, 0.717) is 13.2 Å². The molecule has 0 aromatic carbocycles. The van der Waals surface area contributed by atoms with Gasteiger partial charge in [0.25, 0.3) is 0 Å². The van der Waals surface area contributed by atoms with Gasteiger partial charge in [-0.1, -0.05) is 20.8 Å². The summed E-state index contributed by atoms with van der Waals surface area (Å²) in [7, 11) is -0.331. The highest BCUT2D eigenvalue weighted by atomic mass is 28.4. The third-order valence-corrected chi connectivity index (χ3v) is 8.77. The SMILES string of the molecule is COCO[C@@H]1CN(C(=O)O)[C@H]1CO[Si](C)(C)C(C)(C)C. The van der Waals surface area contributed by atoms with Crippen molar-refractivity contribution in [2.45, 2.75) is 51.0 Å². The van der Waals surface area contributed by atoms with Crippen molar-refractivity contribution >= 4 is 14.4 Å². The minimum absolute atomic E-state index is 0.105. The van der Waals surface area contributed by atoms with Crippen molar-refractivity contribution in [1.82, 2.24) is 4.90 Å². The van der Waals surface area contributed by atoms with Crippen LogP contribution in [0.2, 0.25) is 18.1 Å². The maximum absolute atomic E-state index is 11.1. The van der Waals surface area contributed by atoms with Gasteiger partial charge in [0.2, 0.25) is 0 Å². The Kier molecular flexibility index (Phi) is 5.59. The zero-order valence-electron chi connectivity index (χ0n) is 13.3. The van der Waals surface area contributed by atoms with Gasteiger partial charge in [-0.05, 0) is 18.1 Å². The number of nitrogens with zero attached hydrogens (tertiary/aromatic N) is 1. The molecule has 1 aliphatic rings. The topological polar surface area (TPSA) is 68.2 Å². The molecule has 1 aliphatic heterocycles. The molecule has 0 aromatic heterocycles. The van der Waals surface area contributed by atoms with Crippen molar-refractivity contribution in [3.8, 4) is 0 Å². The van der Waals surface area contributed by atoms with Gasteiger partial charge in [0, 0.05) is 7.11 Å². The van der Waals surface area contributed by atoms with Crippen LogP contribution in [0.25, 0.3) is 0 Å². The van der Waals surface area contributed by atoms with Crippen molar-refractivity contribution in [2.75, 3.05) is 27.1 Å². The molecule has 0 bridgehead atoms. The molecule has 1 N–H and O–H groups in total. The predicted octanol–water partition coefficient (Wildman–Crippen LogP) is 2.36. The highest BCUT2D eigenvalue weighted by Gasteiger charge is 2.45. The first-order chi connectivity index (χ1) is 9.10. The lowest BCUT2D eigenvalue weighted by molar-refractivity contribution is -0.152. The van der Waals surface area contributed by atoms with Crippen molar-refractivity contribution in [1.29, 1.82) is 0 Å². The highest BCUT2D eigenvalue weighted by Crippen LogP contribution is 2.37. The van der Waals surface area contributed by atoms with Crippen LogP contribution in [0.15, 0.2) is 0 Å². The Bertz CT molecular complexity index is 342. The summed E-state index contributed by atoms with van der Waals surface area (Å²) in [4.78, 5) is 12.5. The fourth-order valence-electron chi connectivity index (χ4n) is 1.76. The molecule has 20 heavy (non-hydrogen) atoms. The maximum atomic E-state index is 11.1. The first kappa shape index (κ1) is 17.4. The summed E-state index contributed by atoms with van der Waals surface area (Å²) >= 11 is 0. The smallest absolute Gasteiger partial charge is 0.407 e. The summed E-state index contributed by atoms with van der Waals surface area (Å²) in [6.45, 7) is 11.7. The van der Waals surface area contributed by atoms with Crippen molar-refractivity contribution in [2.24, 2.45) is 0 Å². The van der Waals surface area contributed by atoms with E-state index in [4.69, 9.17) is 19.0 Å². The van der Waals surface area contributed by atoms with Crippen LogP contribution in [0.3, 0.4) is 0 Å². The second kappa shape index (κ2) is 6.42. The van der Waals surface area contributed by atoms with Gasteiger partial charge in [0.1, 0.15) is 12.9 Å². The molecule has 1 heterocycles. The minimum atomic E-state index is -1.88.